The van der Waals surface area contributed by atoms with Gasteiger partial charge in [-0.3, -0.25) is 0 Å². The van der Waals surface area contributed by atoms with Crippen molar-refractivity contribution >= 4 is 28.6 Å². The fourth-order valence-corrected chi connectivity index (χ4v) is 2.45. The van der Waals surface area contributed by atoms with Gasteiger partial charge in [-0.2, -0.15) is 0 Å². The first kappa shape index (κ1) is 12.9. The van der Waals surface area contributed by atoms with Crippen LogP contribution >= 0.6 is 11.8 Å². The minimum absolute atomic E-state index is 0.170. The Morgan fingerprint density at radius 2 is 2.11 bits per heavy atom. The number of hydrogen-bond acceptors (Lipinski definition) is 4. The van der Waals surface area contributed by atoms with E-state index in [0.29, 0.717) is 10.9 Å². The highest BCUT2D eigenvalue weighted by Gasteiger charge is 2.08. The lowest BCUT2D eigenvalue weighted by Gasteiger charge is -2.04. The Morgan fingerprint density at radius 1 is 1.28 bits per heavy atom. The number of aromatic carboxylic acids is 1. The fraction of sp³-hybridized carbons (Fsp3) is 0.231. The van der Waals surface area contributed by atoms with Crippen LogP contribution in [0, 0.1) is 0 Å². The highest BCUT2D eigenvalue weighted by Crippen LogP contribution is 2.22. The number of benzene rings is 1. The summed E-state index contributed by atoms with van der Waals surface area (Å²) in [5.74, 6) is -0.142. The summed E-state index contributed by atoms with van der Waals surface area (Å²) >= 11 is 1.56. The first-order chi connectivity index (χ1) is 8.72. The van der Waals surface area contributed by atoms with Crippen LogP contribution in [0.2, 0.25) is 0 Å². The number of aliphatic hydroxyl groups excluding tert-OH is 1. The number of hydrogen-bond donors (Lipinski definition) is 2. The summed E-state index contributed by atoms with van der Waals surface area (Å²) < 4.78 is 0. The first-order valence-corrected chi connectivity index (χ1v) is 6.57. The van der Waals surface area contributed by atoms with Crippen LogP contribution in [0.4, 0.5) is 0 Å². The monoisotopic (exact) mass is 263 g/mol. The zero-order valence-corrected chi connectivity index (χ0v) is 10.5. The molecule has 2 rings (SSSR count). The van der Waals surface area contributed by atoms with Crippen molar-refractivity contribution in [2.45, 2.75) is 11.4 Å². The van der Waals surface area contributed by atoms with Gasteiger partial charge in [0.25, 0.3) is 0 Å². The second kappa shape index (κ2) is 5.84. The lowest BCUT2D eigenvalue weighted by Crippen LogP contribution is -1.98. The van der Waals surface area contributed by atoms with Gasteiger partial charge >= 0.3 is 5.97 Å². The van der Waals surface area contributed by atoms with Gasteiger partial charge in [-0.15, -0.1) is 11.8 Å². The molecule has 1 heterocycles. The van der Waals surface area contributed by atoms with E-state index in [0.717, 1.165) is 17.2 Å². The Bertz CT molecular complexity index is 571. The average Bonchev–Trinajstić information content (AvgIpc) is 2.38. The molecule has 0 fully saturated rings. The van der Waals surface area contributed by atoms with Crippen LogP contribution in [0.1, 0.15) is 16.8 Å². The highest BCUT2D eigenvalue weighted by atomic mass is 32.2. The second-order valence-electron chi connectivity index (χ2n) is 3.75. The smallest absolute Gasteiger partial charge is 0.336 e. The summed E-state index contributed by atoms with van der Waals surface area (Å²) in [6, 6.07) is 8.67. The number of rotatable bonds is 5. The van der Waals surface area contributed by atoms with E-state index in [2.05, 4.69) is 4.98 Å². The van der Waals surface area contributed by atoms with Gasteiger partial charge in [-0.1, -0.05) is 6.07 Å². The van der Waals surface area contributed by atoms with Crippen LogP contribution in [-0.2, 0) is 0 Å². The maximum atomic E-state index is 11.0. The molecule has 94 valence electrons. The number of carboxylic acids is 1. The molecule has 18 heavy (non-hydrogen) atoms. The van der Waals surface area contributed by atoms with Crippen LogP contribution < -0.4 is 0 Å². The van der Waals surface area contributed by atoms with Crippen molar-refractivity contribution in [3.05, 3.63) is 35.9 Å². The normalized spacial score (nSPS) is 10.7. The molecule has 0 saturated carbocycles. The quantitative estimate of drug-likeness (QED) is 0.640. The van der Waals surface area contributed by atoms with Crippen LogP contribution in [0.25, 0.3) is 10.9 Å². The van der Waals surface area contributed by atoms with Crippen LogP contribution in [0.15, 0.2) is 35.4 Å². The van der Waals surface area contributed by atoms with Crippen molar-refractivity contribution in [2.75, 3.05) is 12.4 Å². The molecule has 0 amide bonds. The predicted molar refractivity (Wildman–Crippen MR) is 71.1 cm³/mol. The number of thioether (sulfide) groups is 1. The lowest BCUT2D eigenvalue weighted by atomic mass is 10.1. The van der Waals surface area contributed by atoms with Crippen molar-refractivity contribution in [1.82, 2.24) is 4.98 Å². The molecular formula is C13H13NO3S. The minimum Gasteiger partial charge on any atom is -0.478 e. The van der Waals surface area contributed by atoms with E-state index in [1.165, 1.54) is 0 Å². The van der Waals surface area contributed by atoms with Gasteiger partial charge in [0.2, 0.25) is 0 Å². The molecule has 2 N–H and O–H groups in total. The average molecular weight is 263 g/mol. The minimum atomic E-state index is -0.942. The third kappa shape index (κ3) is 2.80. The van der Waals surface area contributed by atoms with E-state index < -0.39 is 5.97 Å². The topological polar surface area (TPSA) is 70.4 Å². The molecule has 0 atom stereocenters. The van der Waals surface area contributed by atoms with E-state index in [4.69, 9.17) is 10.2 Å². The SMILES string of the molecule is O=C(O)c1cccc2nc(SCCCO)ccc12. The summed E-state index contributed by atoms with van der Waals surface area (Å²) in [6.07, 6.45) is 0.722. The van der Waals surface area contributed by atoms with Gasteiger partial charge in [0.1, 0.15) is 0 Å². The molecule has 5 heteroatoms. The molecule has 4 nitrogen and oxygen atoms in total. The molecule has 0 aliphatic carbocycles. The van der Waals surface area contributed by atoms with E-state index in [-0.39, 0.29) is 12.2 Å². The molecule has 0 aliphatic rings. The molecule has 0 unspecified atom stereocenters. The molecule has 2 aromatic rings. The fourth-order valence-electron chi connectivity index (χ4n) is 1.64. The van der Waals surface area contributed by atoms with Crippen molar-refractivity contribution < 1.29 is 15.0 Å². The van der Waals surface area contributed by atoms with E-state index in [1.54, 1.807) is 36.0 Å². The zero-order chi connectivity index (χ0) is 13.0. The number of fused-ring (bicyclic) bond motifs is 1. The summed E-state index contributed by atoms with van der Waals surface area (Å²) in [4.78, 5) is 15.5. The van der Waals surface area contributed by atoms with Gasteiger partial charge in [-0.25, -0.2) is 9.78 Å². The van der Waals surface area contributed by atoms with Gasteiger partial charge < -0.3 is 10.2 Å². The van der Waals surface area contributed by atoms with E-state index in [1.807, 2.05) is 6.07 Å². The maximum Gasteiger partial charge on any atom is 0.336 e. The van der Waals surface area contributed by atoms with Crippen molar-refractivity contribution in [2.24, 2.45) is 0 Å². The molecule has 0 bridgehead atoms. The molecule has 1 aromatic heterocycles. The Balaban J connectivity index is 2.32. The predicted octanol–water partition coefficient (Wildman–Crippen LogP) is 2.41. The number of carbonyl (C=O) groups is 1. The standard InChI is InChI=1S/C13H13NO3S/c15-7-2-8-18-12-6-5-9-10(13(16)17)3-1-4-11(9)14-12/h1,3-6,15H,2,7-8H2,(H,16,17). The number of aromatic nitrogens is 1. The third-order valence-electron chi connectivity index (χ3n) is 2.49. The van der Waals surface area contributed by atoms with Crippen LogP contribution in [-0.4, -0.2) is 33.5 Å². The molecular weight excluding hydrogens is 250 g/mol. The summed E-state index contributed by atoms with van der Waals surface area (Å²) in [7, 11) is 0. The first-order valence-electron chi connectivity index (χ1n) is 5.59. The molecule has 0 saturated heterocycles. The van der Waals surface area contributed by atoms with Gasteiger partial charge in [-0.05, 0) is 30.7 Å². The number of carboxylic acid groups (broad SMARTS) is 1. The molecule has 0 spiro atoms. The van der Waals surface area contributed by atoms with Crippen molar-refractivity contribution in [3.8, 4) is 0 Å². The number of pyridine rings is 1. The van der Waals surface area contributed by atoms with E-state index >= 15 is 0 Å². The maximum absolute atomic E-state index is 11.0. The largest absolute Gasteiger partial charge is 0.478 e. The van der Waals surface area contributed by atoms with Crippen molar-refractivity contribution in [1.29, 1.82) is 0 Å². The Labute approximate surface area is 109 Å². The summed E-state index contributed by atoms with van der Waals surface area (Å²) in [5.41, 5.74) is 0.954. The van der Waals surface area contributed by atoms with Gasteiger partial charge in [0.15, 0.2) is 0 Å². The zero-order valence-electron chi connectivity index (χ0n) is 9.67. The highest BCUT2D eigenvalue weighted by molar-refractivity contribution is 7.99. The van der Waals surface area contributed by atoms with Crippen LogP contribution in [0.3, 0.4) is 0 Å². The Morgan fingerprint density at radius 3 is 2.83 bits per heavy atom. The summed E-state index contributed by atoms with van der Waals surface area (Å²) in [6.45, 7) is 0.170. The molecule has 0 aliphatic heterocycles. The third-order valence-corrected chi connectivity index (χ3v) is 3.51. The molecule has 1 aromatic carbocycles. The summed E-state index contributed by atoms with van der Waals surface area (Å²) in [5, 5.41) is 19.3. The van der Waals surface area contributed by atoms with Gasteiger partial charge in [0.05, 0.1) is 16.1 Å². The van der Waals surface area contributed by atoms with Crippen LogP contribution in [0.5, 0.6) is 0 Å². The Hall–Kier alpha value is -1.59. The molecule has 0 radical (unpaired) electrons. The second-order valence-corrected chi connectivity index (χ2v) is 4.87. The van der Waals surface area contributed by atoms with Gasteiger partial charge in [0, 0.05) is 17.7 Å². The Kier molecular flexibility index (Phi) is 4.17. The van der Waals surface area contributed by atoms with E-state index in [9.17, 15) is 4.79 Å². The van der Waals surface area contributed by atoms with Crippen molar-refractivity contribution in [3.63, 3.8) is 0 Å². The number of aliphatic hydroxyl groups is 1. The lowest BCUT2D eigenvalue weighted by molar-refractivity contribution is 0.0699. The number of nitrogens with zero attached hydrogens (tertiary/aromatic N) is 1.